The van der Waals surface area contributed by atoms with E-state index in [1.807, 2.05) is 0 Å². The summed E-state index contributed by atoms with van der Waals surface area (Å²) in [4.78, 5) is 12.4. The Morgan fingerprint density at radius 1 is 0.521 bits per heavy atom. The summed E-state index contributed by atoms with van der Waals surface area (Å²) in [5.74, 6) is -0.0458. The van der Waals surface area contributed by atoms with Crippen molar-refractivity contribution in [1.82, 2.24) is 5.32 Å². The van der Waals surface area contributed by atoms with Crippen LogP contribution < -0.4 is 5.32 Å². The van der Waals surface area contributed by atoms with Gasteiger partial charge in [-0.15, -0.1) is 0 Å². The number of hydrogen-bond donors (Lipinski definition) is 3. The Morgan fingerprint density at radius 2 is 0.917 bits per heavy atom. The molecule has 48 heavy (non-hydrogen) atoms. The van der Waals surface area contributed by atoms with Crippen molar-refractivity contribution >= 4 is 5.91 Å². The molecule has 4 nitrogen and oxygen atoms in total. The molecular weight excluding hydrogens is 590 g/mol. The summed E-state index contributed by atoms with van der Waals surface area (Å²) in [5.41, 5.74) is 0. The third kappa shape index (κ3) is 35.4. The second-order valence-corrected chi connectivity index (χ2v) is 13.7. The van der Waals surface area contributed by atoms with E-state index in [4.69, 9.17) is 0 Å². The zero-order valence-electron chi connectivity index (χ0n) is 31.7. The molecule has 0 aliphatic rings. The summed E-state index contributed by atoms with van der Waals surface area (Å²) in [7, 11) is 0. The summed E-state index contributed by atoms with van der Waals surface area (Å²) in [6, 6.07) is -0.544. The monoisotopic (exact) mass is 670 g/mol. The van der Waals surface area contributed by atoms with Gasteiger partial charge in [-0.1, -0.05) is 190 Å². The average molecular weight is 670 g/mol. The Hall–Kier alpha value is -1.91. The Kier molecular flexibility index (Phi) is 38.0. The number of aliphatic hydroxyl groups excluding tert-OH is 2. The highest BCUT2D eigenvalue weighted by atomic mass is 16.3. The lowest BCUT2D eigenvalue weighted by molar-refractivity contribution is -0.123. The molecule has 0 bridgehead atoms. The van der Waals surface area contributed by atoms with Crippen molar-refractivity contribution in [2.45, 2.75) is 206 Å². The molecular formula is C44H79NO3. The fourth-order valence-electron chi connectivity index (χ4n) is 5.92. The van der Waals surface area contributed by atoms with E-state index in [1.165, 1.54) is 103 Å². The molecule has 0 aromatic carbocycles. The van der Waals surface area contributed by atoms with E-state index in [0.717, 1.165) is 64.2 Å². The first-order chi connectivity index (χ1) is 23.7. The first-order valence-corrected chi connectivity index (χ1v) is 20.5. The van der Waals surface area contributed by atoms with Gasteiger partial charge in [0, 0.05) is 6.42 Å². The van der Waals surface area contributed by atoms with Gasteiger partial charge in [-0.05, 0) is 57.8 Å². The van der Waals surface area contributed by atoms with Crippen LogP contribution in [0.25, 0.3) is 0 Å². The van der Waals surface area contributed by atoms with Gasteiger partial charge in [0.2, 0.25) is 5.91 Å². The molecule has 0 spiro atoms. The van der Waals surface area contributed by atoms with Crippen molar-refractivity contribution in [2.75, 3.05) is 6.61 Å². The number of unbranched alkanes of at least 4 members (excludes halogenated alkanes) is 19. The number of carbonyl (C=O) groups is 1. The van der Waals surface area contributed by atoms with E-state index in [1.54, 1.807) is 0 Å². The first kappa shape index (κ1) is 46.1. The van der Waals surface area contributed by atoms with E-state index in [0.29, 0.717) is 12.8 Å². The van der Waals surface area contributed by atoms with Gasteiger partial charge in [-0.3, -0.25) is 4.79 Å². The van der Waals surface area contributed by atoms with Crippen LogP contribution in [-0.2, 0) is 4.79 Å². The van der Waals surface area contributed by atoms with Gasteiger partial charge in [0.15, 0.2) is 0 Å². The number of rotatable bonds is 36. The zero-order chi connectivity index (χ0) is 35.0. The van der Waals surface area contributed by atoms with Crippen molar-refractivity contribution in [1.29, 1.82) is 0 Å². The highest BCUT2D eigenvalue weighted by Crippen LogP contribution is 2.15. The number of nitrogens with one attached hydrogen (secondary N) is 1. The lowest BCUT2D eigenvalue weighted by Crippen LogP contribution is -2.45. The van der Waals surface area contributed by atoms with E-state index < -0.39 is 12.1 Å². The Morgan fingerprint density at radius 3 is 1.38 bits per heavy atom. The van der Waals surface area contributed by atoms with E-state index in [9.17, 15) is 15.0 Å². The number of aliphatic hydroxyl groups is 2. The Balaban J connectivity index is 3.60. The highest BCUT2D eigenvalue weighted by molar-refractivity contribution is 5.76. The molecule has 1 amide bonds. The summed E-state index contributed by atoms with van der Waals surface area (Å²) in [5, 5.41) is 23.1. The number of carbonyl (C=O) groups excluding carboxylic acids is 1. The third-order valence-corrected chi connectivity index (χ3v) is 9.04. The SMILES string of the molecule is CC/C=C\C/C=C\C/C=C\C/C=C\C/C=C\CCCCCCCCCC(=O)NC(CO)C(O)CCCCCCCCCCCCCCC. The maximum atomic E-state index is 12.4. The lowest BCUT2D eigenvalue weighted by atomic mass is 10.0. The molecule has 0 fully saturated rings. The molecule has 0 aliphatic heterocycles. The molecule has 0 heterocycles. The molecule has 0 saturated heterocycles. The van der Waals surface area contributed by atoms with Crippen molar-refractivity contribution in [3.05, 3.63) is 60.8 Å². The van der Waals surface area contributed by atoms with Crippen molar-refractivity contribution in [3.8, 4) is 0 Å². The van der Waals surface area contributed by atoms with Gasteiger partial charge in [0.25, 0.3) is 0 Å². The lowest BCUT2D eigenvalue weighted by Gasteiger charge is -2.22. The largest absolute Gasteiger partial charge is 0.394 e. The molecule has 0 rings (SSSR count). The maximum Gasteiger partial charge on any atom is 0.220 e. The molecule has 2 unspecified atom stereocenters. The number of amides is 1. The maximum absolute atomic E-state index is 12.4. The van der Waals surface area contributed by atoms with Crippen LogP contribution in [0.15, 0.2) is 60.8 Å². The van der Waals surface area contributed by atoms with Crippen molar-refractivity contribution < 1.29 is 15.0 Å². The van der Waals surface area contributed by atoms with Crippen LogP contribution in [0.4, 0.5) is 0 Å². The molecule has 0 aromatic heterocycles. The van der Waals surface area contributed by atoms with Crippen LogP contribution in [0.1, 0.15) is 194 Å². The molecule has 4 heteroatoms. The van der Waals surface area contributed by atoms with Gasteiger partial charge in [0.1, 0.15) is 0 Å². The van der Waals surface area contributed by atoms with Gasteiger partial charge < -0.3 is 15.5 Å². The van der Waals surface area contributed by atoms with Crippen molar-refractivity contribution in [3.63, 3.8) is 0 Å². The predicted molar refractivity (Wildman–Crippen MR) is 211 cm³/mol. The minimum absolute atomic E-state index is 0.0458. The zero-order valence-corrected chi connectivity index (χ0v) is 31.7. The minimum Gasteiger partial charge on any atom is -0.394 e. The molecule has 3 N–H and O–H groups in total. The number of hydrogen-bond acceptors (Lipinski definition) is 3. The second kappa shape index (κ2) is 39.5. The smallest absolute Gasteiger partial charge is 0.220 e. The average Bonchev–Trinajstić information content (AvgIpc) is 3.09. The minimum atomic E-state index is -0.665. The summed E-state index contributed by atoms with van der Waals surface area (Å²) in [6.07, 6.45) is 54.2. The van der Waals surface area contributed by atoms with E-state index >= 15 is 0 Å². The summed E-state index contributed by atoms with van der Waals surface area (Å²) >= 11 is 0. The molecule has 0 saturated carbocycles. The quantitative estimate of drug-likeness (QED) is 0.0459. The van der Waals surface area contributed by atoms with Crippen LogP contribution in [0.5, 0.6) is 0 Å². The fraction of sp³-hybridized carbons (Fsp3) is 0.750. The Labute approximate surface area is 298 Å². The first-order valence-electron chi connectivity index (χ1n) is 20.5. The van der Waals surface area contributed by atoms with Crippen LogP contribution in [0.2, 0.25) is 0 Å². The van der Waals surface area contributed by atoms with Crippen LogP contribution >= 0.6 is 0 Å². The molecule has 2 atom stereocenters. The van der Waals surface area contributed by atoms with Gasteiger partial charge in [-0.2, -0.15) is 0 Å². The summed E-state index contributed by atoms with van der Waals surface area (Å²) in [6.45, 7) is 4.23. The molecule has 0 aliphatic carbocycles. The highest BCUT2D eigenvalue weighted by Gasteiger charge is 2.19. The normalized spacial score (nSPS) is 13.7. The fourth-order valence-corrected chi connectivity index (χ4v) is 5.92. The molecule has 0 radical (unpaired) electrons. The van der Waals surface area contributed by atoms with Gasteiger partial charge >= 0.3 is 0 Å². The van der Waals surface area contributed by atoms with Crippen molar-refractivity contribution in [2.24, 2.45) is 0 Å². The van der Waals surface area contributed by atoms with E-state index in [-0.39, 0.29) is 12.5 Å². The predicted octanol–water partition coefficient (Wildman–Crippen LogP) is 12.6. The van der Waals surface area contributed by atoms with Crippen LogP contribution in [0, 0.1) is 0 Å². The topological polar surface area (TPSA) is 69.6 Å². The van der Waals surface area contributed by atoms with E-state index in [2.05, 4.69) is 79.9 Å². The number of allylic oxidation sites excluding steroid dienone is 10. The third-order valence-electron chi connectivity index (χ3n) is 9.04. The Bertz CT molecular complexity index is 812. The summed E-state index contributed by atoms with van der Waals surface area (Å²) < 4.78 is 0. The second-order valence-electron chi connectivity index (χ2n) is 13.7. The van der Waals surface area contributed by atoms with Gasteiger partial charge in [0.05, 0.1) is 18.8 Å². The van der Waals surface area contributed by atoms with Gasteiger partial charge in [-0.25, -0.2) is 0 Å². The standard InChI is InChI=1S/C44H79NO3/c1-3-5-7-9-11-13-15-17-18-19-20-21-22-23-24-25-26-28-30-32-34-36-38-40-44(48)45-42(41-46)43(47)39-37-35-33-31-29-27-16-14-12-10-8-6-4-2/h5,7,11,13,17-18,20-21,23-24,42-43,46-47H,3-4,6,8-10,12,14-16,19,22,25-41H2,1-2H3,(H,45,48)/b7-5-,13-11-,18-17-,21-20-,24-23-. The molecule has 278 valence electrons. The van der Waals surface area contributed by atoms with Crippen LogP contribution in [-0.4, -0.2) is 34.9 Å². The molecule has 0 aromatic rings. The van der Waals surface area contributed by atoms with Crippen LogP contribution in [0.3, 0.4) is 0 Å².